The number of unbranched alkanes of at least 4 members (excludes halogenated alkanes) is 21. The Morgan fingerprint density at radius 3 is 1.36 bits per heavy atom. The Hall–Kier alpha value is -0.990. The van der Waals surface area contributed by atoms with Crippen LogP contribution in [0.25, 0.3) is 0 Å². The van der Waals surface area contributed by atoms with Gasteiger partial charge in [-0.15, -0.1) is 0 Å². The van der Waals surface area contributed by atoms with Crippen molar-refractivity contribution in [3.8, 4) is 0 Å². The van der Waals surface area contributed by atoms with E-state index in [1.54, 1.807) is 0 Å². The normalized spacial score (nSPS) is 13.7. The fourth-order valence-corrected chi connectivity index (χ4v) is 6.03. The minimum absolute atomic E-state index is 0.0267. The third-order valence-electron chi connectivity index (χ3n) is 8.38. The van der Waals surface area contributed by atoms with Crippen molar-refractivity contribution in [3.63, 3.8) is 0 Å². The van der Waals surface area contributed by atoms with Crippen LogP contribution in [0.1, 0.15) is 174 Å². The van der Waals surface area contributed by atoms with Gasteiger partial charge in [-0.3, -0.25) is 14.2 Å². The predicted molar refractivity (Wildman–Crippen MR) is 190 cm³/mol. The number of rotatable bonds is 35. The molecule has 0 saturated carbocycles. The molecule has 0 radical (unpaired) electrons. The van der Waals surface area contributed by atoms with E-state index >= 15 is 0 Å². The van der Waals surface area contributed by atoms with E-state index in [-0.39, 0.29) is 32.0 Å². The average molecular weight is 692 g/mol. The number of phosphoric acid groups is 1. The zero-order valence-corrected chi connectivity index (χ0v) is 32.1. The first-order chi connectivity index (χ1) is 22.5. The smallest absolute Gasteiger partial charge is 0.306 e. The van der Waals surface area contributed by atoms with Crippen LogP contribution < -0.4 is 4.89 Å². The summed E-state index contributed by atoms with van der Waals surface area (Å²) in [4.78, 5) is 37.1. The van der Waals surface area contributed by atoms with Gasteiger partial charge in [-0.2, -0.15) is 0 Å². The van der Waals surface area contributed by atoms with Gasteiger partial charge in [0.25, 0.3) is 7.82 Å². The van der Waals surface area contributed by atoms with Crippen molar-refractivity contribution in [2.24, 2.45) is 0 Å². The lowest BCUT2D eigenvalue weighted by molar-refractivity contribution is -0.870. The molecule has 0 spiro atoms. The molecule has 0 saturated heterocycles. The van der Waals surface area contributed by atoms with E-state index in [1.807, 2.05) is 21.1 Å². The molecule has 0 aromatic rings. The summed E-state index contributed by atoms with van der Waals surface area (Å²) in [5.74, 6) is -0.836. The molecule has 2 atom stereocenters. The number of phosphoric ester groups is 1. The van der Waals surface area contributed by atoms with Crippen molar-refractivity contribution in [2.75, 3.05) is 47.5 Å². The van der Waals surface area contributed by atoms with Gasteiger partial charge in [-0.1, -0.05) is 149 Å². The van der Waals surface area contributed by atoms with Crippen LogP contribution in [-0.4, -0.2) is 70.0 Å². The summed E-state index contributed by atoms with van der Waals surface area (Å²) >= 11 is 0. The average Bonchev–Trinajstić information content (AvgIpc) is 3.01. The monoisotopic (exact) mass is 692 g/mol. The number of ether oxygens (including phenoxy) is 2. The van der Waals surface area contributed by atoms with E-state index in [4.69, 9.17) is 18.5 Å². The fourth-order valence-electron chi connectivity index (χ4n) is 5.30. The number of carbonyl (C=O) groups is 2. The van der Waals surface area contributed by atoms with Crippen LogP contribution in [0.5, 0.6) is 0 Å². The van der Waals surface area contributed by atoms with E-state index in [9.17, 15) is 19.0 Å². The van der Waals surface area contributed by atoms with Gasteiger partial charge in [-0.25, -0.2) is 0 Å². The second kappa shape index (κ2) is 31.0. The van der Waals surface area contributed by atoms with Crippen molar-refractivity contribution in [1.82, 2.24) is 0 Å². The highest BCUT2D eigenvalue weighted by molar-refractivity contribution is 7.45. The van der Waals surface area contributed by atoms with Crippen molar-refractivity contribution >= 4 is 19.8 Å². The number of quaternary nitrogens is 1. The number of hydrogen-bond acceptors (Lipinski definition) is 8. The second-order valence-corrected chi connectivity index (χ2v) is 15.7. The van der Waals surface area contributed by atoms with Gasteiger partial charge in [0.15, 0.2) is 6.10 Å². The molecule has 0 aliphatic carbocycles. The lowest BCUT2D eigenvalue weighted by Gasteiger charge is -2.28. The van der Waals surface area contributed by atoms with Crippen LogP contribution in [0, 0.1) is 0 Å². The molecule has 0 aromatic heterocycles. The van der Waals surface area contributed by atoms with Gasteiger partial charge < -0.3 is 27.9 Å². The minimum atomic E-state index is -4.60. The molecule has 10 heteroatoms. The molecule has 0 rings (SSSR count). The standard InChI is InChI=1S/C37H74NO8P/c1-6-8-10-12-14-15-16-17-18-19-20-21-22-23-24-26-27-29-36(39)43-33-35(46-37(40)30-28-25-13-11-9-7-2)34-45-47(41,42)44-32-31-38(3,4)5/h35H,6-34H2,1-5H3/t35-/m1/s1. The number of carbonyl (C=O) groups excluding carboxylic acids is 2. The van der Waals surface area contributed by atoms with Gasteiger partial charge in [0.05, 0.1) is 27.7 Å². The van der Waals surface area contributed by atoms with Crippen molar-refractivity contribution in [2.45, 2.75) is 180 Å². The lowest BCUT2D eigenvalue weighted by atomic mass is 10.0. The third-order valence-corrected chi connectivity index (χ3v) is 9.34. The van der Waals surface area contributed by atoms with Crippen LogP contribution >= 0.6 is 7.82 Å². The van der Waals surface area contributed by atoms with Gasteiger partial charge in [0, 0.05) is 12.8 Å². The fraction of sp³-hybridized carbons (Fsp3) is 0.946. The van der Waals surface area contributed by atoms with Crippen LogP contribution in [0.3, 0.4) is 0 Å². The number of esters is 2. The number of nitrogens with zero attached hydrogens (tertiary/aromatic N) is 1. The third kappa shape index (κ3) is 34.7. The molecule has 0 heterocycles. The Labute approximate surface area is 289 Å². The molecule has 0 aromatic carbocycles. The maximum Gasteiger partial charge on any atom is 0.306 e. The molecule has 0 amide bonds. The molecule has 0 aliphatic heterocycles. The molecule has 0 fully saturated rings. The van der Waals surface area contributed by atoms with E-state index in [2.05, 4.69) is 13.8 Å². The Kier molecular flexibility index (Phi) is 30.4. The maximum absolute atomic E-state index is 12.4. The maximum atomic E-state index is 12.4. The van der Waals surface area contributed by atoms with Crippen molar-refractivity contribution in [3.05, 3.63) is 0 Å². The van der Waals surface area contributed by atoms with Crippen LogP contribution in [0.15, 0.2) is 0 Å². The Bertz CT molecular complexity index is 789. The molecule has 9 nitrogen and oxygen atoms in total. The molecule has 280 valence electrons. The summed E-state index contributed by atoms with van der Waals surface area (Å²) in [5, 5.41) is 0. The lowest BCUT2D eigenvalue weighted by Crippen LogP contribution is -2.37. The van der Waals surface area contributed by atoms with Gasteiger partial charge in [0.2, 0.25) is 0 Å². The summed E-state index contributed by atoms with van der Waals surface area (Å²) in [6.45, 7) is 4.16. The largest absolute Gasteiger partial charge is 0.756 e. The molecule has 47 heavy (non-hydrogen) atoms. The SMILES string of the molecule is CCCCCCCCCCCCCCCCCCCC(=O)OC[C@H](COP(=O)([O-])OCC[N+](C)(C)C)OC(=O)CCCCCCCC. The summed E-state index contributed by atoms with van der Waals surface area (Å²) in [6.07, 6.45) is 27.3. The molecule has 0 N–H and O–H groups in total. The molecular formula is C37H74NO8P. The highest BCUT2D eigenvalue weighted by Gasteiger charge is 2.21. The Morgan fingerprint density at radius 1 is 0.574 bits per heavy atom. The zero-order chi connectivity index (χ0) is 35.1. The van der Waals surface area contributed by atoms with Crippen LogP contribution in [0.4, 0.5) is 0 Å². The van der Waals surface area contributed by atoms with Crippen LogP contribution in [-0.2, 0) is 32.7 Å². The highest BCUT2D eigenvalue weighted by atomic mass is 31.2. The van der Waals surface area contributed by atoms with Crippen molar-refractivity contribution in [1.29, 1.82) is 0 Å². The second-order valence-electron chi connectivity index (χ2n) is 14.3. The van der Waals surface area contributed by atoms with Crippen LogP contribution in [0.2, 0.25) is 0 Å². The first-order valence-electron chi connectivity index (χ1n) is 19.2. The number of hydrogen-bond donors (Lipinski definition) is 0. The summed E-state index contributed by atoms with van der Waals surface area (Å²) < 4.78 is 33.6. The molecular weight excluding hydrogens is 617 g/mol. The molecule has 0 aliphatic rings. The zero-order valence-electron chi connectivity index (χ0n) is 31.2. The van der Waals surface area contributed by atoms with E-state index in [0.29, 0.717) is 17.4 Å². The van der Waals surface area contributed by atoms with Crippen molar-refractivity contribution < 1.29 is 42.1 Å². The summed E-state index contributed by atoms with van der Waals surface area (Å²) in [5.41, 5.74) is 0. The highest BCUT2D eigenvalue weighted by Crippen LogP contribution is 2.38. The quantitative estimate of drug-likeness (QED) is 0.0280. The molecule has 1 unspecified atom stereocenters. The summed E-state index contributed by atoms with van der Waals surface area (Å²) in [7, 11) is 1.17. The van der Waals surface area contributed by atoms with Gasteiger partial charge in [0.1, 0.15) is 19.8 Å². The van der Waals surface area contributed by atoms with Gasteiger partial charge in [-0.05, 0) is 12.8 Å². The van der Waals surface area contributed by atoms with E-state index in [1.165, 1.54) is 96.3 Å². The Morgan fingerprint density at radius 2 is 0.957 bits per heavy atom. The first-order valence-corrected chi connectivity index (χ1v) is 20.7. The summed E-state index contributed by atoms with van der Waals surface area (Å²) in [6, 6.07) is 0. The Balaban J connectivity index is 4.21. The van der Waals surface area contributed by atoms with E-state index < -0.39 is 26.5 Å². The van der Waals surface area contributed by atoms with E-state index in [0.717, 1.165) is 44.9 Å². The molecule has 0 bridgehead atoms. The first kappa shape index (κ1) is 46.0. The topological polar surface area (TPSA) is 111 Å². The predicted octanol–water partition coefficient (Wildman–Crippen LogP) is 9.44. The number of likely N-dealkylation sites (N-methyl/N-ethyl adjacent to an activating group) is 1. The minimum Gasteiger partial charge on any atom is -0.756 e. The van der Waals surface area contributed by atoms with Gasteiger partial charge >= 0.3 is 11.9 Å².